The van der Waals surface area contributed by atoms with Crippen molar-refractivity contribution in [1.29, 1.82) is 0 Å². The zero-order valence-corrected chi connectivity index (χ0v) is 21.6. The second-order valence-corrected chi connectivity index (χ2v) is 13.0. The first kappa shape index (κ1) is 25.6. The van der Waals surface area contributed by atoms with Crippen molar-refractivity contribution in [2.45, 2.75) is 23.5 Å². The van der Waals surface area contributed by atoms with E-state index in [0.717, 1.165) is 0 Å². The summed E-state index contributed by atoms with van der Waals surface area (Å²) in [5.74, 6) is -0.684. The summed E-state index contributed by atoms with van der Waals surface area (Å²) in [7, 11) is -7.28. The van der Waals surface area contributed by atoms with Crippen LogP contribution in [0.25, 0.3) is 0 Å². The van der Waals surface area contributed by atoms with Crippen molar-refractivity contribution in [1.82, 2.24) is 9.29 Å². The zero-order chi connectivity index (χ0) is 25.1. The van der Waals surface area contributed by atoms with Crippen molar-refractivity contribution in [3.8, 4) is 0 Å². The monoisotopic (exact) mass is 554 g/mol. The minimum absolute atomic E-state index is 0.0462. The van der Waals surface area contributed by atoms with Gasteiger partial charge in [-0.2, -0.15) is 0 Å². The van der Waals surface area contributed by atoms with E-state index in [9.17, 15) is 21.6 Å². The molecular weight excluding hydrogens is 532 g/mol. The van der Waals surface area contributed by atoms with Crippen molar-refractivity contribution in [3.63, 3.8) is 0 Å². The lowest BCUT2D eigenvalue weighted by Gasteiger charge is -2.30. The number of nitrogens with one attached hydrogen (secondary N) is 2. The Hall–Kier alpha value is -2.51. The Bertz CT molecular complexity index is 1370. The molecule has 1 aliphatic rings. The van der Waals surface area contributed by atoms with Crippen LogP contribution in [0.1, 0.15) is 18.4 Å². The van der Waals surface area contributed by atoms with Crippen LogP contribution in [-0.4, -0.2) is 45.1 Å². The van der Waals surface area contributed by atoms with Gasteiger partial charge in [0.25, 0.3) is 10.0 Å². The molecule has 1 aromatic heterocycles. The van der Waals surface area contributed by atoms with E-state index in [1.165, 1.54) is 46.1 Å². The molecule has 186 valence electrons. The van der Waals surface area contributed by atoms with Crippen molar-refractivity contribution in [3.05, 3.63) is 70.7 Å². The maximum absolute atomic E-state index is 12.8. The van der Waals surface area contributed by atoms with Gasteiger partial charge in [-0.1, -0.05) is 23.7 Å². The second-order valence-electron chi connectivity index (χ2n) is 8.01. The van der Waals surface area contributed by atoms with Gasteiger partial charge >= 0.3 is 0 Å². The van der Waals surface area contributed by atoms with Crippen molar-refractivity contribution < 1.29 is 21.6 Å². The van der Waals surface area contributed by atoms with Gasteiger partial charge in [-0.15, -0.1) is 11.3 Å². The van der Waals surface area contributed by atoms with Crippen LogP contribution in [0.5, 0.6) is 0 Å². The number of carbonyl (C=O) groups excluding carboxylic acids is 1. The first-order chi connectivity index (χ1) is 16.6. The quantitative estimate of drug-likeness (QED) is 0.436. The van der Waals surface area contributed by atoms with Crippen LogP contribution in [0.2, 0.25) is 5.02 Å². The van der Waals surface area contributed by atoms with E-state index >= 15 is 0 Å². The van der Waals surface area contributed by atoms with Gasteiger partial charge in [0.2, 0.25) is 15.9 Å². The number of sulfonamides is 2. The fourth-order valence-electron chi connectivity index (χ4n) is 3.69. The molecule has 13 heteroatoms. The Balaban J connectivity index is 1.30. The number of amides is 1. The minimum atomic E-state index is -3.78. The van der Waals surface area contributed by atoms with E-state index in [0.29, 0.717) is 29.1 Å². The summed E-state index contributed by atoms with van der Waals surface area (Å²) in [6.45, 7) is 0.515. The summed E-state index contributed by atoms with van der Waals surface area (Å²) in [4.78, 5) is 16.7. The molecule has 1 fully saturated rings. The Labute approximate surface area is 213 Å². The molecule has 0 atom stereocenters. The van der Waals surface area contributed by atoms with Gasteiger partial charge in [-0.3, -0.25) is 9.52 Å². The summed E-state index contributed by atoms with van der Waals surface area (Å²) in [6, 6.07) is 12.5. The average Bonchev–Trinajstić information content (AvgIpc) is 3.33. The average molecular weight is 555 g/mol. The van der Waals surface area contributed by atoms with E-state index in [-0.39, 0.29) is 40.7 Å². The predicted molar refractivity (Wildman–Crippen MR) is 136 cm³/mol. The lowest BCUT2D eigenvalue weighted by Crippen LogP contribution is -2.41. The smallest absolute Gasteiger partial charge is 0.263 e. The maximum Gasteiger partial charge on any atom is 0.263 e. The number of thiazole rings is 1. The highest BCUT2D eigenvalue weighted by atomic mass is 35.5. The summed E-state index contributed by atoms with van der Waals surface area (Å²) < 4.78 is 54.2. The van der Waals surface area contributed by atoms with E-state index in [4.69, 9.17) is 11.6 Å². The zero-order valence-electron chi connectivity index (χ0n) is 18.4. The first-order valence-electron chi connectivity index (χ1n) is 10.7. The summed E-state index contributed by atoms with van der Waals surface area (Å²) >= 11 is 7.03. The second kappa shape index (κ2) is 10.6. The number of nitrogens with zero attached hydrogens (tertiary/aromatic N) is 2. The summed E-state index contributed by atoms with van der Waals surface area (Å²) in [5, 5.41) is 5.26. The number of halogens is 1. The minimum Gasteiger partial charge on any atom is -0.326 e. The third-order valence-electron chi connectivity index (χ3n) is 5.57. The number of rotatable bonds is 8. The molecule has 1 aliphatic heterocycles. The number of benzene rings is 2. The van der Waals surface area contributed by atoms with Gasteiger partial charge in [-0.25, -0.2) is 26.1 Å². The molecule has 1 saturated heterocycles. The Morgan fingerprint density at radius 3 is 2.29 bits per heavy atom. The third-order valence-corrected chi connectivity index (χ3v) is 9.84. The molecule has 2 aromatic carbocycles. The fraction of sp³-hybridized carbons (Fsp3) is 0.273. The Morgan fingerprint density at radius 1 is 1.03 bits per heavy atom. The van der Waals surface area contributed by atoms with Crippen LogP contribution in [0.15, 0.2) is 65.0 Å². The van der Waals surface area contributed by atoms with E-state index in [1.54, 1.807) is 29.6 Å². The van der Waals surface area contributed by atoms with Crippen molar-refractivity contribution in [2.75, 3.05) is 23.1 Å². The Morgan fingerprint density at radius 2 is 1.69 bits per heavy atom. The molecule has 0 saturated carbocycles. The number of hydrogen-bond acceptors (Lipinski definition) is 7. The number of aromatic nitrogens is 1. The molecule has 0 spiro atoms. The van der Waals surface area contributed by atoms with Crippen LogP contribution in [0, 0.1) is 5.92 Å². The topological polar surface area (TPSA) is 126 Å². The first-order valence-corrected chi connectivity index (χ1v) is 15.0. The van der Waals surface area contributed by atoms with Crippen LogP contribution in [0.3, 0.4) is 0 Å². The van der Waals surface area contributed by atoms with Gasteiger partial charge in [0, 0.05) is 41.3 Å². The van der Waals surface area contributed by atoms with Crippen LogP contribution >= 0.6 is 22.9 Å². The number of anilines is 2. The van der Waals surface area contributed by atoms with Gasteiger partial charge in [0.05, 0.1) is 10.6 Å². The van der Waals surface area contributed by atoms with E-state index in [2.05, 4.69) is 15.0 Å². The molecule has 3 aromatic rings. The van der Waals surface area contributed by atoms with E-state index in [1.807, 2.05) is 0 Å². The highest BCUT2D eigenvalue weighted by Crippen LogP contribution is 2.24. The molecular formula is C22H23ClN4O5S3. The van der Waals surface area contributed by atoms with Crippen LogP contribution in [0.4, 0.5) is 10.8 Å². The van der Waals surface area contributed by atoms with Crippen molar-refractivity contribution in [2.24, 2.45) is 5.92 Å². The molecule has 0 bridgehead atoms. The molecule has 1 amide bonds. The Kier molecular flexibility index (Phi) is 7.77. The SMILES string of the molecule is O=C(Nc1ccc(S(=O)(=O)Nc2nccs2)cc1)C1CCN(S(=O)(=O)Cc2ccc(Cl)cc2)CC1. The largest absolute Gasteiger partial charge is 0.326 e. The highest BCUT2D eigenvalue weighted by Gasteiger charge is 2.31. The fourth-order valence-corrected chi connectivity index (χ4v) is 7.17. The maximum atomic E-state index is 12.8. The normalized spacial score (nSPS) is 15.6. The molecule has 0 radical (unpaired) electrons. The standard InChI is InChI=1S/C22H23ClN4O5S3/c23-18-3-1-16(2-4-18)15-34(29,30)27-12-9-17(10-13-27)21(28)25-19-5-7-20(8-6-19)35(31,32)26-22-24-11-14-33-22/h1-8,11,14,17H,9-10,12-13,15H2,(H,24,26)(H,25,28). The van der Waals surface area contributed by atoms with Crippen LogP contribution < -0.4 is 10.0 Å². The third kappa shape index (κ3) is 6.58. The molecule has 2 N–H and O–H groups in total. The number of carbonyl (C=O) groups is 1. The molecule has 0 unspecified atom stereocenters. The van der Waals surface area contributed by atoms with Gasteiger partial charge in [0.15, 0.2) is 5.13 Å². The molecule has 35 heavy (non-hydrogen) atoms. The van der Waals surface area contributed by atoms with Gasteiger partial charge < -0.3 is 5.32 Å². The lowest BCUT2D eigenvalue weighted by atomic mass is 9.97. The molecule has 4 rings (SSSR count). The van der Waals surface area contributed by atoms with Crippen LogP contribution in [-0.2, 0) is 30.6 Å². The summed E-state index contributed by atoms with van der Waals surface area (Å²) in [6.07, 6.45) is 2.30. The van der Waals surface area contributed by atoms with E-state index < -0.39 is 20.0 Å². The summed E-state index contributed by atoms with van der Waals surface area (Å²) in [5.41, 5.74) is 1.11. The predicted octanol–water partition coefficient (Wildman–Crippen LogP) is 3.78. The van der Waals surface area contributed by atoms with Gasteiger partial charge in [0.1, 0.15) is 0 Å². The lowest BCUT2D eigenvalue weighted by molar-refractivity contribution is -0.120. The molecule has 9 nitrogen and oxygen atoms in total. The van der Waals surface area contributed by atoms with Gasteiger partial charge in [-0.05, 0) is 54.8 Å². The number of hydrogen-bond donors (Lipinski definition) is 2. The number of piperidine rings is 1. The molecule has 0 aliphatic carbocycles. The highest BCUT2D eigenvalue weighted by molar-refractivity contribution is 7.93. The molecule has 2 heterocycles. The van der Waals surface area contributed by atoms with Crippen molar-refractivity contribution >= 4 is 59.7 Å².